The predicted octanol–water partition coefficient (Wildman–Crippen LogP) is 2.83. The van der Waals surface area contributed by atoms with Crippen LogP contribution in [0.3, 0.4) is 0 Å². The Kier molecular flexibility index (Phi) is 4.43. The highest BCUT2D eigenvalue weighted by Crippen LogP contribution is 2.17. The zero-order valence-corrected chi connectivity index (χ0v) is 11.4. The van der Waals surface area contributed by atoms with Crippen molar-refractivity contribution in [1.29, 1.82) is 0 Å². The topological polar surface area (TPSA) is 15.3 Å². The lowest BCUT2D eigenvalue weighted by molar-refractivity contribution is 0.300. The second-order valence-corrected chi connectivity index (χ2v) is 5.40. The lowest BCUT2D eigenvalue weighted by Gasteiger charge is -2.19. The maximum Gasteiger partial charge on any atom is 0.0438 e. The van der Waals surface area contributed by atoms with Gasteiger partial charge in [0.1, 0.15) is 0 Å². The van der Waals surface area contributed by atoms with E-state index in [0.29, 0.717) is 6.04 Å². The summed E-state index contributed by atoms with van der Waals surface area (Å²) in [4.78, 5) is 2.44. The van der Waals surface area contributed by atoms with Crippen LogP contribution in [0.5, 0.6) is 0 Å². The van der Waals surface area contributed by atoms with Gasteiger partial charge in [-0.05, 0) is 50.6 Å². The van der Waals surface area contributed by atoms with Gasteiger partial charge in [-0.3, -0.25) is 0 Å². The molecule has 2 rings (SSSR count). The molecule has 1 fully saturated rings. The highest BCUT2D eigenvalue weighted by Gasteiger charge is 2.19. The van der Waals surface area contributed by atoms with E-state index in [1.165, 1.54) is 24.9 Å². The molecule has 1 saturated heterocycles. The Morgan fingerprint density at radius 2 is 2.29 bits per heavy atom. The Morgan fingerprint density at radius 1 is 1.47 bits per heavy atom. The predicted molar refractivity (Wildman–Crippen MR) is 73.5 cm³/mol. The number of nitrogens with one attached hydrogen (secondary N) is 1. The van der Waals surface area contributed by atoms with E-state index >= 15 is 0 Å². The van der Waals surface area contributed by atoms with Gasteiger partial charge in [0.05, 0.1) is 0 Å². The van der Waals surface area contributed by atoms with Crippen molar-refractivity contribution in [2.24, 2.45) is 0 Å². The molecule has 0 aliphatic carbocycles. The fraction of sp³-hybridized carbons (Fsp3) is 0.571. The normalized spacial score (nSPS) is 21.0. The van der Waals surface area contributed by atoms with Crippen LogP contribution in [-0.2, 0) is 6.54 Å². The Bertz CT molecular complexity index is 378. The van der Waals surface area contributed by atoms with Crippen molar-refractivity contribution in [3.05, 3.63) is 34.3 Å². The van der Waals surface area contributed by atoms with Crippen LogP contribution >= 0.6 is 11.6 Å². The minimum Gasteiger partial charge on any atom is -0.311 e. The molecule has 17 heavy (non-hydrogen) atoms. The van der Waals surface area contributed by atoms with Crippen molar-refractivity contribution < 1.29 is 0 Å². The summed E-state index contributed by atoms with van der Waals surface area (Å²) >= 11 is 6.11. The first-order valence-corrected chi connectivity index (χ1v) is 6.70. The summed E-state index contributed by atoms with van der Waals surface area (Å²) < 4.78 is 0. The van der Waals surface area contributed by atoms with Crippen molar-refractivity contribution in [2.75, 3.05) is 20.1 Å². The molecule has 0 amide bonds. The van der Waals surface area contributed by atoms with E-state index in [9.17, 15) is 0 Å². The third-order valence-corrected chi connectivity index (χ3v) is 4.02. The molecule has 1 N–H and O–H groups in total. The molecule has 1 aliphatic rings. The number of halogens is 1. The van der Waals surface area contributed by atoms with E-state index in [1.54, 1.807) is 0 Å². The molecule has 1 heterocycles. The summed E-state index contributed by atoms with van der Waals surface area (Å²) in [5.74, 6) is 0. The fourth-order valence-electron chi connectivity index (χ4n) is 2.37. The van der Waals surface area contributed by atoms with E-state index in [2.05, 4.69) is 35.5 Å². The molecule has 0 saturated carbocycles. The molecule has 94 valence electrons. The van der Waals surface area contributed by atoms with Gasteiger partial charge >= 0.3 is 0 Å². The van der Waals surface area contributed by atoms with Crippen molar-refractivity contribution in [3.8, 4) is 0 Å². The molecule has 3 heteroatoms. The molecular weight excluding hydrogens is 232 g/mol. The van der Waals surface area contributed by atoms with E-state index in [0.717, 1.165) is 23.7 Å². The fourth-order valence-corrected chi connectivity index (χ4v) is 2.57. The maximum atomic E-state index is 6.11. The SMILES string of the molecule is Cc1ccc(CNCC2CCCN2C)cc1Cl. The quantitative estimate of drug-likeness (QED) is 0.887. The van der Waals surface area contributed by atoms with Crippen molar-refractivity contribution in [2.45, 2.75) is 32.4 Å². The summed E-state index contributed by atoms with van der Waals surface area (Å²) in [6.45, 7) is 5.25. The van der Waals surface area contributed by atoms with Crippen LogP contribution in [0.25, 0.3) is 0 Å². The maximum absolute atomic E-state index is 6.11. The summed E-state index contributed by atoms with van der Waals surface area (Å²) in [6, 6.07) is 6.99. The minimum atomic E-state index is 0.705. The molecule has 0 radical (unpaired) electrons. The van der Waals surface area contributed by atoms with Crippen LogP contribution in [0.1, 0.15) is 24.0 Å². The monoisotopic (exact) mass is 252 g/mol. The van der Waals surface area contributed by atoms with Crippen LogP contribution in [0.4, 0.5) is 0 Å². The van der Waals surface area contributed by atoms with Gasteiger partial charge in [0.15, 0.2) is 0 Å². The van der Waals surface area contributed by atoms with E-state index in [1.807, 2.05) is 6.92 Å². The highest BCUT2D eigenvalue weighted by atomic mass is 35.5. The molecule has 0 aromatic heterocycles. The first-order valence-electron chi connectivity index (χ1n) is 6.33. The standard InChI is InChI=1S/C14H21ClN2/c1-11-5-6-12(8-14(11)15)9-16-10-13-4-3-7-17(13)2/h5-6,8,13,16H,3-4,7,9-10H2,1-2H3. The molecule has 2 nitrogen and oxygen atoms in total. The van der Waals surface area contributed by atoms with Gasteiger partial charge in [0.25, 0.3) is 0 Å². The van der Waals surface area contributed by atoms with Gasteiger partial charge in [-0.25, -0.2) is 0 Å². The number of hydrogen-bond donors (Lipinski definition) is 1. The Morgan fingerprint density at radius 3 is 2.94 bits per heavy atom. The average molecular weight is 253 g/mol. The van der Waals surface area contributed by atoms with Crippen molar-refractivity contribution in [3.63, 3.8) is 0 Å². The van der Waals surface area contributed by atoms with Crippen LogP contribution in [0, 0.1) is 6.92 Å². The third-order valence-electron chi connectivity index (χ3n) is 3.62. The van der Waals surface area contributed by atoms with E-state index in [-0.39, 0.29) is 0 Å². The molecule has 1 aromatic rings. The first-order chi connectivity index (χ1) is 8.16. The largest absolute Gasteiger partial charge is 0.311 e. The van der Waals surface area contributed by atoms with E-state index in [4.69, 9.17) is 11.6 Å². The van der Waals surface area contributed by atoms with Gasteiger partial charge in [-0.1, -0.05) is 23.7 Å². The lowest BCUT2D eigenvalue weighted by atomic mass is 10.1. The van der Waals surface area contributed by atoms with Crippen molar-refractivity contribution in [1.82, 2.24) is 10.2 Å². The zero-order valence-electron chi connectivity index (χ0n) is 10.7. The van der Waals surface area contributed by atoms with E-state index < -0.39 is 0 Å². The zero-order chi connectivity index (χ0) is 12.3. The lowest BCUT2D eigenvalue weighted by Crippen LogP contribution is -2.35. The van der Waals surface area contributed by atoms with Gasteiger partial charge in [-0.15, -0.1) is 0 Å². The molecule has 0 spiro atoms. The van der Waals surface area contributed by atoms with Crippen LogP contribution in [0.15, 0.2) is 18.2 Å². The molecule has 1 aliphatic heterocycles. The first kappa shape index (κ1) is 12.9. The Labute approximate surface area is 109 Å². The van der Waals surface area contributed by atoms with Crippen molar-refractivity contribution >= 4 is 11.6 Å². The summed E-state index contributed by atoms with van der Waals surface area (Å²) in [6.07, 6.45) is 2.65. The second kappa shape index (κ2) is 5.85. The number of hydrogen-bond acceptors (Lipinski definition) is 2. The van der Waals surface area contributed by atoms with Crippen LogP contribution in [0.2, 0.25) is 5.02 Å². The number of benzene rings is 1. The highest BCUT2D eigenvalue weighted by molar-refractivity contribution is 6.31. The number of nitrogens with zero attached hydrogens (tertiary/aromatic N) is 1. The number of rotatable bonds is 4. The Hall–Kier alpha value is -0.570. The summed E-state index contributed by atoms with van der Waals surface area (Å²) in [5.41, 5.74) is 2.41. The smallest absolute Gasteiger partial charge is 0.0438 e. The number of likely N-dealkylation sites (N-methyl/N-ethyl adjacent to an activating group) is 1. The summed E-state index contributed by atoms with van der Waals surface area (Å²) in [7, 11) is 2.21. The van der Waals surface area contributed by atoms with Gasteiger partial charge < -0.3 is 10.2 Å². The molecule has 1 atom stereocenters. The van der Waals surface area contributed by atoms with Gasteiger partial charge in [0.2, 0.25) is 0 Å². The number of aryl methyl sites for hydroxylation is 1. The molecule has 1 unspecified atom stereocenters. The van der Waals surface area contributed by atoms with Crippen LogP contribution in [-0.4, -0.2) is 31.1 Å². The second-order valence-electron chi connectivity index (χ2n) is 4.99. The van der Waals surface area contributed by atoms with Gasteiger partial charge in [-0.2, -0.15) is 0 Å². The molecule has 0 bridgehead atoms. The third kappa shape index (κ3) is 3.44. The molecular formula is C14H21ClN2. The molecule has 1 aromatic carbocycles. The van der Waals surface area contributed by atoms with Gasteiger partial charge in [0, 0.05) is 24.2 Å². The van der Waals surface area contributed by atoms with Crippen LogP contribution < -0.4 is 5.32 Å². The minimum absolute atomic E-state index is 0.705. The Balaban J connectivity index is 1.79. The number of likely N-dealkylation sites (tertiary alicyclic amines) is 1. The average Bonchev–Trinajstić information content (AvgIpc) is 2.70. The summed E-state index contributed by atoms with van der Waals surface area (Å²) in [5, 5.41) is 4.38.